The lowest BCUT2D eigenvalue weighted by atomic mass is 9.91. The molecule has 0 aliphatic carbocycles. The summed E-state index contributed by atoms with van der Waals surface area (Å²) in [6, 6.07) is -7.85. The Hall–Kier alpha value is -8.34. The van der Waals surface area contributed by atoms with Crippen molar-refractivity contribution in [2.75, 3.05) is 62.5 Å². The number of oxime groups is 1. The topological polar surface area (TPSA) is 349 Å². The molecule has 11 amide bonds. The molecule has 2 aromatic rings. The van der Waals surface area contributed by atoms with Gasteiger partial charge < -0.3 is 74.8 Å². The summed E-state index contributed by atoms with van der Waals surface area (Å²) >= 11 is 0. The lowest BCUT2D eigenvalue weighted by molar-refractivity contribution is -0.157. The molecular formula is C73H120N14O15. The van der Waals surface area contributed by atoms with Crippen molar-refractivity contribution in [1.29, 1.82) is 0 Å². The Balaban J connectivity index is 2.22. The molecule has 572 valence electrons. The number of carbonyl (C=O) groups is 11. The first kappa shape index (κ1) is 87.9. The number of aliphatic hydroxyl groups is 1. The third-order valence-corrected chi connectivity index (χ3v) is 18.5. The minimum Gasteiger partial charge on any atom is -0.391 e. The zero-order valence-electron chi connectivity index (χ0n) is 64.7. The van der Waals surface area contributed by atoms with E-state index in [1.165, 1.54) is 89.0 Å². The van der Waals surface area contributed by atoms with Crippen LogP contribution in [0, 0.1) is 35.5 Å². The number of pyridine rings is 1. The zero-order valence-corrected chi connectivity index (χ0v) is 64.7. The minimum atomic E-state index is -1.66. The highest BCUT2D eigenvalue weighted by Gasteiger charge is 2.46. The number of hydrogen-bond acceptors (Lipinski definition) is 18. The Kier molecular flexibility index (Phi) is 35.9. The van der Waals surface area contributed by atoms with E-state index < -0.39 is 162 Å². The van der Waals surface area contributed by atoms with Crippen LogP contribution in [0.2, 0.25) is 0 Å². The molecule has 29 nitrogen and oxygen atoms in total. The van der Waals surface area contributed by atoms with Gasteiger partial charge >= 0.3 is 0 Å². The normalized spacial score (nSPS) is 24.7. The molecule has 3 heterocycles. The zero-order chi connectivity index (χ0) is 77.3. The number of unbranched alkanes of at least 4 members (excludes halogenated alkanes) is 1. The van der Waals surface area contributed by atoms with E-state index in [1.807, 2.05) is 47.6 Å². The molecule has 29 heteroatoms. The van der Waals surface area contributed by atoms with Crippen molar-refractivity contribution in [3.05, 3.63) is 48.3 Å². The average molecular weight is 1430 g/mol. The fourth-order valence-electron chi connectivity index (χ4n) is 12.2. The van der Waals surface area contributed by atoms with Crippen LogP contribution >= 0.6 is 0 Å². The third-order valence-electron chi connectivity index (χ3n) is 18.5. The van der Waals surface area contributed by atoms with E-state index in [0.717, 1.165) is 20.3 Å². The minimum absolute atomic E-state index is 0.0277. The average Bonchev–Trinajstić information content (AvgIpc) is 0.809. The number of nitrogens with one attached hydrogen (secondary N) is 4. The first-order chi connectivity index (χ1) is 47.7. The fourth-order valence-corrected chi connectivity index (χ4v) is 12.2. The predicted octanol–water partition coefficient (Wildman–Crippen LogP) is 4.66. The van der Waals surface area contributed by atoms with Gasteiger partial charge in [0.15, 0.2) is 5.76 Å². The van der Waals surface area contributed by atoms with Crippen molar-refractivity contribution in [3.63, 3.8) is 0 Å². The molecule has 0 aromatic carbocycles. The number of hydrogen-bond donors (Lipinski definition) is 5. The smallest absolute Gasteiger partial charge is 0.246 e. The van der Waals surface area contributed by atoms with Crippen molar-refractivity contribution in [2.45, 2.75) is 235 Å². The fraction of sp³-hybridized carbons (Fsp3) is 0.699. The Morgan fingerprint density at radius 3 is 1.69 bits per heavy atom. The van der Waals surface area contributed by atoms with Gasteiger partial charge in [0.2, 0.25) is 65.0 Å². The van der Waals surface area contributed by atoms with Gasteiger partial charge in [0, 0.05) is 80.0 Å². The van der Waals surface area contributed by atoms with Gasteiger partial charge in [0.25, 0.3) is 0 Å². The molecule has 1 aliphatic rings. The van der Waals surface area contributed by atoms with Gasteiger partial charge in [0.05, 0.1) is 24.9 Å². The van der Waals surface area contributed by atoms with Gasteiger partial charge in [-0.3, -0.25) is 57.7 Å². The number of nitrogens with zero attached hydrogens (tertiary/aromatic N) is 10. The lowest BCUT2D eigenvalue weighted by Crippen LogP contribution is -2.63. The van der Waals surface area contributed by atoms with Crippen LogP contribution in [0.1, 0.15) is 161 Å². The van der Waals surface area contributed by atoms with Gasteiger partial charge in [-0.25, -0.2) is 0 Å². The van der Waals surface area contributed by atoms with Crippen LogP contribution in [0.15, 0.2) is 52.4 Å². The SMILES string of the molecule is C/C=C/C[C@@H](C)[C@@H](O)[C@@H]1C(=O)N[C@@H](CC)C(=O)N(C)CC(=O)N(C)[C@@H]([C@@H](C)OCCC/C=N/OCc2ccc(-c3ccno3)nc2)C(=O)N[C@@H](C(C)C)C(=O)N(C)[C@@H](CC(C)C)C(=O)N[C@@H](C)C(=O)N[C@H](C)C(=O)N(C)[C@@H](CC(C)C)C(=O)N(C)[C@@H](CC(C)C)C(=O)N(C)[C@@H](C(C)C)C(=O)N1C. The summed E-state index contributed by atoms with van der Waals surface area (Å²) in [6.45, 7) is 27.1. The molecule has 0 saturated carbocycles. The highest BCUT2D eigenvalue weighted by Crippen LogP contribution is 2.26. The van der Waals surface area contributed by atoms with Crippen molar-refractivity contribution in [3.8, 4) is 11.5 Å². The maximum absolute atomic E-state index is 15.3. The first-order valence-corrected chi connectivity index (χ1v) is 35.7. The number of rotatable bonds is 23. The predicted molar refractivity (Wildman–Crippen MR) is 387 cm³/mol. The Morgan fingerprint density at radius 2 is 1.16 bits per heavy atom. The summed E-state index contributed by atoms with van der Waals surface area (Å²) in [5.41, 5.74) is 1.36. The second-order valence-corrected chi connectivity index (χ2v) is 29.1. The molecule has 0 spiro atoms. The van der Waals surface area contributed by atoms with E-state index in [0.29, 0.717) is 24.3 Å². The van der Waals surface area contributed by atoms with Crippen molar-refractivity contribution >= 4 is 71.2 Å². The standard InChI is InChI=1S/C73H120N14O15/c1-24-26-29-47(13)63(89)62-67(93)79-52(25-2)69(95)81(17)40-58(88)85(21)61(50(16)100-35-28-27-33-75-101-41-51-30-31-53(74-39-51)57-32-34-76-102-57)66(92)80-59(45(9)10)72(98)82(18)54(36-42(3)4)65(91)77-48(14)64(90)78-49(15)68(94)83(19)55(37-43(5)6)70(96)84(20)56(38-44(7)8)71(97)86(22)60(46(11)12)73(99)87(62)23/h24,26,30-34,39,42-50,52,54-56,59-63,89H,25,27-29,35-38,40-41H2,1-23H3,(H,77,91)(H,78,90)(H,79,93)(H,80,92)/b26-24+,75-33+/t47-,48+,49-,50-,52+,54+,55+,56+,59+,60+,61+,62-,63-/m1/s1. The van der Waals surface area contributed by atoms with Gasteiger partial charge in [-0.05, 0) is 114 Å². The van der Waals surface area contributed by atoms with Crippen molar-refractivity contribution in [1.82, 2.24) is 65.7 Å². The van der Waals surface area contributed by atoms with E-state index in [2.05, 4.69) is 36.6 Å². The third kappa shape index (κ3) is 25.0. The number of carbonyl (C=O) groups excluding carboxylic acids is 11. The lowest BCUT2D eigenvalue weighted by Gasteiger charge is -2.41. The van der Waals surface area contributed by atoms with Crippen LogP contribution in [0.4, 0.5) is 0 Å². The number of aliphatic hydroxyl groups excluding tert-OH is 1. The number of likely N-dealkylation sites (N-methyl/N-ethyl adjacent to an activating group) is 7. The van der Waals surface area contributed by atoms with Crippen LogP contribution in [0.3, 0.4) is 0 Å². The molecule has 102 heavy (non-hydrogen) atoms. The first-order valence-electron chi connectivity index (χ1n) is 35.7. The number of allylic oxidation sites excluding steroid dienone is 2. The van der Waals surface area contributed by atoms with Crippen molar-refractivity contribution in [2.24, 2.45) is 40.7 Å². The molecule has 5 N–H and O–H groups in total. The molecule has 1 saturated heterocycles. The van der Waals surface area contributed by atoms with Crippen molar-refractivity contribution < 1.29 is 71.9 Å². The maximum Gasteiger partial charge on any atom is 0.246 e. The molecule has 2 aromatic heterocycles. The van der Waals surface area contributed by atoms with E-state index in [4.69, 9.17) is 14.1 Å². The summed E-state index contributed by atoms with van der Waals surface area (Å²) in [5, 5.41) is 31.0. The van der Waals surface area contributed by atoms with Crippen LogP contribution < -0.4 is 21.3 Å². The quantitative estimate of drug-likeness (QED) is 0.0437. The Labute approximate surface area is 604 Å². The van der Waals surface area contributed by atoms with Gasteiger partial charge in [-0.1, -0.05) is 112 Å². The Morgan fingerprint density at radius 1 is 0.608 bits per heavy atom. The molecule has 13 atom stereocenters. The second kappa shape index (κ2) is 41.7. The summed E-state index contributed by atoms with van der Waals surface area (Å²) in [6.07, 6.45) is 7.05. The number of amides is 11. The van der Waals surface area contributed by atoms with Gasteiger partial charge in [-0.15, -0.1) is 0 Å². The van der Waals surface area contributed by atoms with E-state index >= 15 is 24.0 Å². The molecule has 0 bridgehead atoms. The monoisotopic (exact) mass is 1430 g/mol. The summed E-state index contributed by atoms with van der Waals surface area (Å²) < 4.78 is 11.4. The molecular weight excluding hydrogens is 1310 g/mol. The number of aromatic nitrogens is 2. The summed E-state index contributed by atoms with van der Waals surface area (Å²) in [5.74, 6) is -9.90. The van der Waals surface area contributed by atoms with Crippen LogP contribution in [0.5, 0.6) is 0 Å². The van der Waals surface area contributed by atoms with Gasteiger partial charge in [0.1, 0.15) is 72.7 Å². The molecule has 0 radical (unpaired) electrons. The highest BCUT2D eigenvalue weighted by molar-refractivity contribution is 5.99. The van der Waals surface area contributed by atoms with Crippen LogP contribution in [0.25, 0.3) is 11.5 Å². The highest BCUT2D eigenvalue weighted by atomic mass is 16.6. The van der Waals surface area contributed by atoms with Gasteiger partial charge in [-0.2, -0.15) is 0 Å². The summed E-state index contributed by atoms with van der Waals surface area (Å²) in [7, 11) is 9.75. The van der Waals surface area contributed by atoms with E-state index in [9.17, 15) is 33.9 Å². The van der Waals surface area contributed by atoms with E-state index in [-0.39, 0.29) is 63.1 Å². The van der Waals surface area contributed by atoms with Crippen LogP contribution in [-0.2, 0) is 68.9 Å². The largest absolute Gasteiger partial charge is 0.391 e. The molecule has 1 fully saturated rings. The molecule has 0 unspecified atom stereocenters. The summed E-state index contributed by atoms with van der Waals surface area (Å²) in [4.78, 5) is 181. The molecule has 1 aliphatic heterocycles. The number of ether oxygens (including phenoxy) is 1. The second-order valence-electron chi connectivity index (χ2n) is 29.1. The molecule has 3 rings (SSSR count). The maximum atomic E-state index is 15.3. The Bertz CT molecular complexity index is 3140. The van der Waals surface area contributed by atoms with Crippen LogP contribution in [-0.4, -0.2) is 256 Å². The van der Waals surface area contributed by atoms with E-state index in [1.54, 1.807) is 92.1 Å².